The monoisotopic (exact) mass is 490 g/mol. The fraction of sp³-hybridized carbons (Fsp3) is 0.310. The van der Waals surface area contributed by atoms with Crippen LogP contribution in [0.4, 0.5) is 0 Å². The standard InChI is InChI=1S/C29H30O7/c1-20(30)34-26-25(36-28(32-3)27(26)35-21(2)31)19-33-29(22-13-7-4-8-14-22,23-15-9-5-10-16-23)24-17-11-6-12-18-24/h4-18,25-28H,19H2,1-3H3/t25-,26-,27+,28-/m1/s1. The molecule has 4 atom stereocenters. The maximum Gasteiger partial charge on any atom is 0.303 e. The van der Waals surface area contributed by atoms with Crippen molar-refractivity contribution in [2.24, 2.45) is 0 Å². The van der Waals surface area contributed by atoms with E-state index < -0.39 is 42.1 Å². The van der Waals surface area contributed by atoms with Gasteiger partial charge in [0.25, 0.3) is 0 Å². The summed E-state index contributed by atoms with van der Waals surface area (Å²) in [5.41, 5.74) is 1.77. The van der Waals surface area contributed by atoms with Crippen molar-refractivity contribution in [1.82, 2.24) is 0 Å². The summed E-state index contributed by atoms with van der Waals surface area (Å²) in [7, 11) is 1.44. The summed E-state index contributed by atoms with van der Waals surface area (Å²) in [6.45, 7) is 2.60. The smallest absolute Gasteiger partial charge is 0.303 e. The lowest BCUT2D eigenvalue weighted by Gasteiger charge is -2.37. The fourth-order valence-corrected chi connectivity index (χ4v) is 4.64. The van der Waals surface area contributed by atoms with Crippen LogP contribution in [0.1, 0.15) is 30.5 Å². The molecule has 0 saturated carbocycles. The van der Waals surface area contributed by atoms with Gasteiger partial charge in [0.1, 0.15) is 11.7 Å². The molecule has 0 spiro atoms. The van der Waals surface area contributed by atoms with Crippen molar-refractivity contribution in [2.45, 2.75) is 44.1 Å². The van der Waals surface area contributed by atoms with Crippen molar-refractivity contribution in [2.75, 3.05) is 13.7 Å². The van der Waals surface area contributed by atoms with Crippen molar-refractivity contribution in [1.29, 1.82) is 0 Å². The zero-order valence-corrected chi connectivity index (χ0v) is 20.5. The first-order valence-electron chi connectivity index (χ1n) is 11.8. The summed E-state index contributed by atoms with van der Waals surface area (Å²) in [5.74, 6) is -1.06. The third-order valence-corrected chi connectivity index (χ3v) is 6.11. The molecule has 4 rings (SSSR count). The summed E-state index contributed by atoms with van der Waals surface area (Å²) >= 11 is 0. The van der Waals surface area contributed by atoms with E-state index in [1.54, 1.807) is 0 Å². The van der Waals surface area contributed by atoms with Crippen LogP contribution >= 0.6 is 0 Å². The van der Waals surface area contributed by atoms with Gasteiger partial charge < -0.3 is 23.7 Å². The van der Waals surface area contributed by atoms with E-state index in [1.807, 2.05) is 91.0 Å². The van der Waals surface area contributed by atoms with E-state index in [-0.39, 0.29) is 6.61 Å². The van der Waals surface area contributed by atoms with E-state index >= 15 is 0 Å². The Morgan fingerprint density at radius 1 is 0.722 bits per heavy atom. The molecule has 7 nitrogen and oxygen atoms in total. The number of esters is 2. The molecule has 7 heteroatoms. The summed E-state index contributed by atoms with van der Waals surface area (Å²) in [5, 5.41) is 0. The van der Waals surface area contributed by atoms with Gasteiger partial charge in [-0.1, -0.05) is 91.0 Å². The predicted octanol–water partition coefficient (Wildman–Crippen LogP) is 4.23. The van der Waals surface area contributed by atoms with Crippen LogP contribution in [0.5, 0.6) is 0 Å². The van der Waals surface area contributed by atoms with Crippen LogP contribution in [-0.4, -0.2) is 50.3 Å². The summed E-state index contributed by atoms with van der Waals surface area (Å²) in [6.07, 6.45) is -3.49. The van der Waals surface area contributed by atoms with Gasteiger partial charge >= 0.3 is 11.9 Å². The Bertz CT molecular complexity index is 1040. The molecule has 1 saturated heterocycles. The predicted molar refractivity (Wildman–Crippen MR) is 132 cm³/mol. The first kappa shape index (κ1) is 25.6. The zero-order chi connectivity index (χ0) is 25.5. The summed E-state index contributed by atoms with van der Waals surface area (Å²) in [4.78, 5) is 23.7. The Morgan fingerprint density at radius 3 is 1.53 bits per heavy atom. The molecule has 0 radical (unpaired) electrons. The van der Waals surface area contributed by atoms with Crippen LogP contribution in [0.2, 0.25) is 0 Å². The molecule has 0 unspecified atom stereocenters. The molecular weight excluding hydrogens is 460 g/mol. The molecule has 0 amide bonds. The Kier molecular flexibility index (Phi) is 8.15. The highest BCUT2D eigenvalue weighted by Gasteiger charge is 2.51. The highest BCUT2D eigenvalue weighted by Crippen LogP contribution is 2.41. The molecule has 1 heterocycles. The largest absolute Gasteiger partial charge is 0.455 e. The molecule has 188 valence electrons. The highest BCUT2D eigenvalue weighted by atomic mass is 16.7. The average Bonchev–Trinajstić information content (AvgIpc) is 3.21. The van der Waals surface area contributed by atoms with Crippen molar-refractivity contribution >= 4 is 11.9 Å². The lowest BCUT2D eigenvalue weighted by molar-refractivity contribution is -0.182. The van der Waals surface area contributed by atoms with Crippen LogP contribution in [0.3, 0.4) is 0 Å². The summed E-state index contributed by atoms with van der Waals surface area (Å²) < 4.78 is 29.2. The van der Waals surface area contributed by atoms with Gasteiger partial charge in [0.15, 0.2) is 18.5 Å². The molecule has 0 aromatic heterocycles. The highest BCUT2D eigenvalue weighted by molar-refractivity contribution is 5.67. The van der Waals surface area contributed by atoms with Gasteiger partial charge in [0, 0.05) is 21.0 Å². The van der Waals surface area contributed by atoms with E-state index in [2.05, 4.69) is 0 Å². The first-order chi connectivity index (χ1) is 17.5. The molecule has 0 aliphatic carbocycles. The molecule has 0 N–H and O–H groups in total. The lowest BCUT2D eigenvalue weighted by Crippen LogP contribution is -2.43. The number of benzene rings is 3. The number of rotatable bonds is 9. The van der Waals surface area contributed by atoms with Gasteiger partial charge in [-0.3, -0.25) is 9.59 Å². The lowest BCUT2D eigenvalue weighted by atomic mass is 9.80. The third-order valence-electron chi connectivity index (χ3n) is 6.11. The number of methoxy groups -OCH3 is 1. The van der Waals surface area contributed by atoms with Gasteiger partial charge in [-0.05, 0) is 16.7 Å². The van der Waals surface area contributed by atoms with Gasteiger partial charge in [-0.2, -0.15) is 0 Å². The fourth-order valence-electron chi connectivity index (χ4n) is 4.64. The third kappa shape index (κ3) is 5.33. The number of ether oxygens (including phenoxy) is 5. The topological polar surface area (TPSA) is 80.3 Å². The Morgan fingerprint density at radius 2 is 1.14 bits per heavy atom. The molecule has 3 aromatic carbocycles. The van der Waals surface area contributed by atoms with Gasteiger partial charge in [-0.25, -0.2) is 0 Å². The molecule has 0 bridgehead atoms. The zero-order valence-electron chi connectivity index (χ0n) is 20.5. The van der Waals surface area contributed by atoms with E-state index in [1.165, 1.54) is 21.0 Å². The number of hydrogen-bond acceptors (Lipinski definition) is 7. The normalized spacial score (nSPS) is 21.6. The van der Waals surface area contributed by atoms with Crippen molar-refractivity contribution in [3.05, 3.63) is 108 Å². The van der Waals surface area contributed by atoms with E-state index in [4.69, 9.17) is 23.7 Å². The molecule has 1 fully saturated rings. The van der Waals surface area contributed by atoms with Crippen molar-refractivity contribution in [3.63, 3.8) is 0 Å². The maximum atomic E-state index is 11.9. The second kappa shape index (κ2) is 11.5. The number of carbonyl (C=O) groups is 2. The average molecular weight is 491 g/mol. The van der Waals surface area contributed by atoms with Crippen LogP contribution in [0, 0.1) is 0 Å². The van der Waals surface area contributed by atoms with Crippen LogP contribution < -0.4 is 0 Å². The van der Waals surface area contributed by atoms with Crippen LogP contribution in [0.25, 0.3) is 0 Å². The minimum atomic E-state index is -0.990. The quantitative estimate of drug-likeness (QED) is 0.328. The maximum absolute atomic E-state index is 11.9. The molecule has 3 aromatic rings. The minimum absolute atomic E-state index is 0.0221. The summed E-state index contributed by atoms with van der Waals surface area (Å²) in [6, 6.07) is 29.7. The van der Waals surface area contributed by atoms with E-state index in [9.17, 15) is 9.59 Å². The molecule has 1 aliphatic heterocycles. The Balaban J connectivity index is 1.76. The Labute approximate surface area is 210 Å². The van der Waals surface area contributed by atoms with Gasteiger partial charge in [0.05, 0.1) is 6.61 Å². The minimum Gasteiger partial charge on any atom is -0.455 e. The van der Waals surface area contributed by atoms with Gasteiger partial charge in [0.2, 0.25) is 0 Å². The number of carbonyl (C=O) groups excluding carboxylic acids is 2. The first-order valence-corrected chi connectivity index (χ1v) is 11.8. The Hall–Kier alpha value is -3.52. The molecule has 36 heavy (non-hydrogen) atoms. The second-order valence-electron chi connectivity index (χ2n) is 8.52. The molecular formula is C29H30O7. The second-order valence-corrected chi connectivity index (χ2v) is 8.52. The van der Waals surface area contributed by atoms with Crippen LogP contribution in [-0.2, 0) is 38.9 Å². The number of hydrogen-bond donors (Lipinski definition) is 0. The van der Waals surface area contributed by atoms with E-state index in [0.29, 0.717) is 0 Å². The van der Waals surface area contributed by atoms with Crippen molar-refractivity contribution in [3.8, 4) is 0 Å². The molecule has 1 aliphatic rings. The SMILES string of the molecule is CO[C@@H]1O[C@H](COC(c2ccccc2)(c2ccccc2)c2ccccc2)[C@@H](OC(C)=O)[C@@H]1OC(C)=O. The van der Waals surface area contributed by atoms with Crippen LogP contribution in [0.15, 0.2) is 91.0 Å². The van der Waals surface area contributed by atoms with E-state index in [0.717, 1.165) is 16.7 Å². The van der Waals surface area contributed by atoms with Gasteiger partial charge in [-0.15, -0.1) is 0 Å². The van der Waals surface area contributed by atoms with Crippen molar-refractivity contribution < 1.29 is 33.3 Å².